The molecule has 0 saturated heterocycles. The minimum absolute atomic E-state index is 0.213. The average Bonchev–Trinajstić information content (AvgIpc) is 2.44. The molecule has 1 unspecified atom stereocenters. The van der Waals surface area contributed by atoms with Crippen molar-refractivity contribution in [1.82, 2.24) is 5.32 Å². The van der Waals surface area contributed by atoms with E-state index < -0.39 is 17.8 Å². The third-order valence-electron chi connectivity index (χ3n) is 3.27. The molecule has 0 radical (unpaired) electrons. The summed E-state index contributed by atoms with van der Waals surface area (Å²) in [4.78, 5) is 25.4. The number of para-hydroxylation sites is 1. The zero-order valence-electron chi connectivity index (χ0n) is 13.4. The molecule has 2 amide bonds. The summed E-state index contributed by atoms with van der Waals surface area (Å²) in [6.07, 6.45) is -0.283. The van der Waals surface area contributed by atoms with Gasteiger partial charge in [-0.25, -0.2) is 9.59 Å². The molecule has 0 fully saturated rings. The summed E-state index contributed by atoms with van der Waals surface area (Å²) in [5, 5.41) is 2.75. The Hall–Kier alpha value is -2.24. The van der Waals surface area contributed by atoms with Gasteiger partial charge in [-0.3, -0.25) is 4.90 Å². The molecule has 0 spiro atoms. The van der Waals surface area contributed by atoms with Crippen LogP contribution in [0.4, 0.5) is 15.3 Å². The van der Waals surface area contributed by atoms with Crippen LogP contribution in [-0.4, -0.2) is 37.5 Å². The second-order valence-electron chi connectivity index (χ2n) is 6.26. The number of carbonyl (C=O) groups excluding carboxylic acids is 2. The van der Waals surface area contributed by atoms with Crippen molar-refractivity contribution in [2.45, 2.75) is 38.8 Å². The van der Waals surface area contributed by atoms with Gasteiger partial charge < -0.3 is 14.8 Å². The Morgan fingerprint density at radius 3 is 2.59 bits per heavy atom. The molecule has 1 aromatic rings. The van der Waals surface area contributed by atoms with Crippen LogP contribution in [0.1, 0.15) is 26.3 Å². The zero-order valence-corrected chi connectivity index (χ0v) is 13.4. The molecule has 0 aliphatic carbocycles. The SMILES string of the molecule is COC(=O)NC1Cc2ccccc2N(C(=O)OC(C)(C)C)C1. The Morgan fingerprint density at radius 1 is 1.27 bits per heavy atom. The van der Waals surface area contributed by atoms with Crippen LogP contribution in [-0.2, 0) is 15.9 Å². The van der Waals surface area contributed by atoms with Crippen LogP contribution < -0.4 is 10.2 Å². The number of hydrogen-bond donors (Lipinski definition) is 1. The summed E-state index contributed by atoms with van der Waals surface area (Å²) in [7, 11) is 1.32. The second-order valence-corrected chi connectivity index (χ2v) is 6.26. The first kappa shape index (κ1) is 16.1. The Labute approximate surface area is 130 Å². The van der Waals surface area contributed by atoms with Crippen molar-refractivity contribution in [2.75, 3.05) is 18.6 Å². The molecule has 120 valence electrons. The lowest BCUT2D eigenvalue weighted by molar-refractivity contribution is 0.0572. The summed E-state index contributed by atoms with van der Waals surface area (Å²) in [5.74, 6) is 0. The van der Waals surface area contributed by atoms with Crippen molar-refractivity contribution in [3.05, 3.63) is 29.8 Å². The van der Waals surface area contributed by atoms with E-state index in [0.717, 1.165) is 11.3 Å². The highest BCUT2D eigenvalue weighted by atomic mass is 16.6. The molecule has 0 aromatic heterocycles. The summed E-state index contributed by atoms with van der Waals surface area (Å²) in [5.41, 5.74) is 1.23. The standard InChI is InChI=1S/C16H22N2O4/c1-16(2,3)22-15(20)18-10-12(17-14(19)21-4)9-11-7-5-6-8-13(11)18/h5-8,12H,9-10H2,1-4H3,(H,17,19). The molecule has 6 heteroatoms. The first-order valence-electron chi connectivity index (χ1n) is 7.23. The van der Waals surface area contributed by atoms with Crippen molar-refractivity contribution >= 4 is 17.9 Å². The Bertz CT molecular complexity index is 566. The van der Waals surface area contributed by atoms with E-state index in [2.05, 4.69) is 10.1 Å². The highest BCUT2D eigenvalue weighted by Crippen LogP contribution is 2.28. The fourth-order valence-corrected chi connectivity index (χ4v) is 2.41. The van der Waals surface area contributed by atoms with E-state index in [0.29, 0.717) is 13.0 Å². The topological polar surface area (TPSA) is 67.9 Å². The number of anilines is 1. The van der Waals surface area contributed by atoms with Gasteiger partial charge in [0, 0.05) is 6.54 Å². The van der Waals surface area contributed by atoms with Crippen molar-refractivity contribution in [1.29, 1.82) is 0 Å². The lowest BCUT2D eigenvalue weighted by Crippen LogP contribution is -2.51. The molecule has 1 aliphatic heterocycles. The average molecular weight is 306 g/mol. The fourth-order valence-electron chi connectivity index (χ4n) is 2.41. The molecule has 1 atom stereocenters. The maximum absolute atomic E-state index is 12.4. The van der Waals surface area contributed by atoms with Gasteiger partial charge in [0.25, 0.3) is 0 Å². The maximum atomic E-state index is 12.4. The lowest BCUT2D eigenvalue weighted by atomic mass is 9.98. The summed E-state index contributed by atoms with van der Waals surface area (Å²) in [6.45, 7) is 5.82. The van der Waals surface area contributed by atoms with Crippen molar-refractivity contribution < 1.29 is 19.1 Å². The van der Waals surface area contributed by atoms with E-state index in [9.17, 15) is 9.59 Å². The number of hydrogen-bond acceptors (Lipinski definition) is 4. The van der Waals surface area contributed by atoms with Crippen molar-refractivity contribution in [2.24, 2.45) is 0 Å². The van der Waals surface area contributed by atoms with Crippen molar-refractivity contribution in [3.63, 3.8) is 0 Å². The van der Waals surface area contributed by atoms with Gasteiger partial charge in [-0.15, -0.1) is 0 Å². The number of rotatable bonds is 1. The summed E-state index contributed by atoms with van der Waals surface area (Å²) < 4.78 is 10.1. The number of nitrogens with one attached hydrogen (secondary N) is 1. The quantitative estimate of drug-likeness (QED) is 0.866. The Balaban J connectivity index is 2.23. The minimum Gasteiger partial charge on any atom is -0.453 e. The van der Waals surface area contributed by atoms with Crippen LogP contribution in [0.25, 0.3) is 0 Å². The van der Waals surface area contributed by atoms with E-state index in [1.54, 1.807) is 4.90 Å². The highest BCUT2D eigenvalue weighted by molar-refractivity contribution is 5.90. The van der Waals surface area contributed by atoms with Gasteiger partial charge in [0.2, 0.25) is 0 Å². The molecular weight excluding hydrogens is 284 g/mol. The van der Waals surface area contributed by atoms with E-state index in [4.69, 9.17) is 4.74 Å². The Kier molecular flexibility index (Phi) is 4.59. The number of fused-ring (bicyclic) bond motifs is 1. The minimum atomic E-state index is -0.575. The van der Waals surface area contributed by atoms with E-state index >= 15 is 0 Å². The van der Waals surface area contributed by atoms with Gasteiger partial charge in [0.1, 0.15) is 5.60 Å². The number of alkyl carbamates (subject to hydrolysis) is 1. The number of methoxy groups -OCH3 is 1. The van der Waals surface area contributed by atoms with Crippen LogP contribution >= 0.6 is 0 Å². The van der Waals surface area contributed by atoms with Crippen LogP contribution in [0.2, 0.25) is 0 Å². The first-order chi connectivity index (χ1) is 10.3. The number of amides is 2. The largest absolute Gasteiger partial charge is 0.453 e. The Morgan fingerprint density at radius 2 is 1.95 bits per heavy atom. The molecular formula is C16H22N2O4. The van der Waals surface area contributed by atoms with Gasteiger partial charge in [-0.2, -0.15) is 0 Å². The van der Waals surface area contributed by atoms with Gasteiger partial charge in [0.05, 0.1) is 18.8 Å². The zero-order chi connectivity index (χ0) is 16.3. The second kappa shape index (κ2) is 6.25. The molecule has 1 aromatic carbocycles. The summed E-state index contributed by atoms with van der Waals surface area (Å²) in [6, 6.07) is 7.40. The van der Waals surface area contributed by atoms with Gasteiger partial charge in [0.15, 0.2) is 0 Å². The van der Waals surface area contributed by atoms with Gasteiger partial charge >= 0.3 is 12.2 Å². The van der Waals surface area contributed by atoms with Gasteiger partial charge in [-0.05, 0) is 38.8 Å². The summed E-state index contributed by atoms with van der Waals surface area (Å²) >= 11 is 0. The van der Waals surface area contributed by atoms with E-state index in [-0.39, 0.29) is 6.04 Å². The van der Waals surface area contributed by atoms with Crippen molar-refractivity contribution in [3.8, 4) is 0 Å². The first-order valence-corrected chi connectivity index (χ1v) is 7.23. The number of ether oxygens (including phenoxy) is 2. The van der Waals surface area contributed by atoms with Crippen LogP contribution in [0.5, 0.6) is 0 Å². The number of benzene rings is 1. The molecule has 0 bridgehead atoms. The molecule has 2 rings (SSSR count). The van der Waals surface area contributed by atoms with E-state index in [1.165, 1.54) is 7.11 Å². The van der Waals surface area contributed by atoms with Crippen LogP contribution in [0.15, 0.2) is 24.3 Å². The molecule has 1 heterocycles. The van der Waals surface area contributed by atoms with Crippen LogP contribution in [0.3, 0.4) is 0 Å². The molecule has 1 N–H and O–H groups in total. The number of carbonyl (C=O) groups is 2. The maximum Gasteiger partial charge on any atom is 0.414 e. The predicted molar refractivity (Wildman–Crippen MR) is 83.1 cm³/mol. The predicted octanol–water partition coefficient (Wildman–Crippen LogP) is 2.71. The lowest BCUT2D eigenvalue weighted by Gasteiger charge is -2.35. The monoisotopic (exact) mass is 306 g/mol. The third-order valence-corrected chi connectivity index (χ3v) is 3.27. The molecule has 6 nitrogen and oxygen atoms in total. The molecule has 0 saturated carbocycles. The number of nitrogens with zero attached hydrogens (tertiary/aromatic N) is 1. The molecule has 1 aliphatic rings. The normalized spacial score (nSPS) is 17.5. The van der Waals surface area contributed by atoms with Crippen LogP contribution in [0, 0.1) is 0 Å². The van der Waals surface area contributed by atoms with Gasteiger partial charge in [-0.1, -0.05) is 18.2 Å². The smallest absolute Gasteiger partial charge is 0.414 e. The third kappa shape index (κ3) is 3.90. The molecule has 22 heavy (non-hydrogen) atoms. The highest BCUT2D eigenvalue weighted by Gasteiger charge is 2.32. The van der Waals surface area contributed by atoms with E-state index in [1.807, 2.05) is 45.0 Å². The fraction of sp³-hybridized carbons (Fsp3) is 0.500.